The number of halogens is 3. The minimum atomic E-state index is -1.56. The van der Waals surface area contributed by atoms with Gasteiger partial charge in [0.15, 0.2) is 22.2 Å². The van der Waals surface area contributed by atoms with Gasteiger partial charge in [-0.25, -0.2) is 8.42 Å². The van der Waals surface area contributed by atoms with Crippen LogP contribution in [0.1, 0.15) is 42.9 Å². The fourth-order valence-electron chi connectivity index (χ4n) is 5.15. The van der Waals surface area contributed by atoms with E-state index < -0.39 is 22.2 Å². The highest BCUT2D eigenvalue weighted by Crippen LogP contribution is 2.30. The summed E-state index contributed by atoms with van der Waals surface area (Å²) in [6.07, 6.45) is 2.52. The minimum absolute atomic E-state index is 0.0508. The van der Waals surface area contributed by atoms with Crippen molar-refractivity contribution in [3.05, 3.63) is 117 Å². The van der Waals surface area contributed by atoms with Crippen molar-refractivity contribution < 1.29 is 21.9 Å². The summed E-state index contributed by atoms with van der Waals surface area (Å²) >= 11 is 15.2. The van der Waals surface area contributed by atoms with Crippen molar-refractivity contribution >= 4 is 79.8 Å². The summed E-state index contributed by atoms with van der Waals surface area (Å²) in [5, 5.41) is 23.7. The number of rotatable bonds is 12. The molecule has 2 heterocycles. The van der Waals surface area contributed by atoms with E-state index in [4.69, 9.17) is 53.4 Å². The molecule has 0 fully saturated rings. The van der Waals surface area contributed by atoms with Gasteiger partial charge in [0, 0.05) is 36.5 Å². The number of anilines is 2. The zero-order valence-electron chi connectivity index (χ0n) is 27.6. The largest absolute Gasteiger partial charge is 0.394 e. The molecular formula is C36H37Cl3N4O5S2. The Balaban J connectivity index is 0.000000195. The molecule has 0 amide bonds. The van der Waals surface area contributed by atoms with Gasteiger partial charge in [-0.1, -0.05) is 53.9 Å². The molecule has 0 spiro atoms. The van der Waals surface area contributed by atoms with E-state index in [2.05, 4.69) is 5.10 Å². The number of hydrogen-bond donors (Lipinski definition) is 1. The summed E-state index contributed by atoms with van der Waals surface area (Å²) in [5.74, 6) is 0. The van der Waals surface area contributed by atoms with Crippen LogP contribution < -0.4 is 10.0 Å². The van der Waals surface area contributed by atoms with Gasteiger partial charge in [-0.05, 0) is 97.3 Å². The fourth-order valence-corrected chi connectivity index (χ4v) is 7.19. The van der Waals surface area contributed by atoms with Crippen molar-refractivity contribution in [2.24, 2.45) is 10.2 Å². The Kier molecular flexibility index (Phi) is 14.0. The highest BCUT2D eigenvalue weighted by Gasteiger charge is 2.21. The summed E-state index contributed by atoms with van der Waals surface area (Å²) in [7, 11) is 0. The van der Waals surface area contributed by atoms with Gasteiger partial charge in [0.25, 0.3) is 0 Å². The molecule has 0 saturated carbocycles. The zero-order valence-corrected chi connectivity index (χ0v) is 31.5. The third kappa shape index (κ3) is 10.0. The van der Waals surface area contributed by atoms with Crippen molar-refractivity contribution in [2.75, 3.05) is 42.9 Å². The highest BCUT2D eigenvalue weighted by molar-refractivity contribution is 7.80. The van der Waals surface area contributed by atoms with E-state index in [-0.39, 0.29) is 13.2 Å². The number of aliphatic hydroxyl groups is 1. The summed E-state index contributed by atoms with van der Waals surface area (Å²) in [5.41, 5.74) is 7.03. The third-order valence-electron chi connectivity index (χ3n) is 7.69. The normalized spacial score (nSPS) is 15.3. The predicted molar refractivity (Wildman–Crippen MR) is 205 cm³/mol. The van der Waals surface area contributed by atoms with E-state index in [0.29, 0.717) is 31.5 Å². The average molecular weight is 776 g/mol. The van der Waals surface area contributed by atoms with Crippen molar-refractivity contribution in [3.63, 3.8) is 0 Å². The second kappa shape index (κ2) is 18.4. The van der Waals surface area contributed by atoms with Crippen LogP contribution in [0.4, 0.5) is 11.4 Å². The molecule has 6 rings (SSSR count). The first-order chi connectivity index (χ1) is 24.2. The SMILES string of the molecule is CCCOS(=O)c1ccc(N2CCC(c3cc(Cl)c(Cl)cc3C)=N2)cc1.O=S(OCCO)c1ccc(N2CCC(c3ccc(Cl)cc3)=N2)cc1. The third-order valence-corrected chi connectivity index (χ3v) is 10.7. The predicted octanol–water partition coefficient (Wildman–Crippen LogP) is 8.35. The molecule has 9 nitrogen and oxygen atoms in total. The van der Waals surface area contributed by atoms with Crippen LogP contribution in [0.3, 0.4) is 0 Å². The van der Waals surface area contributed by atoms with E-state index in [1.165, 1.54) is 0 Å². The fraction of sp³-hybridized carbons (Fsp3) is 0.278. The number of benzene rings is 4. The first-order valence-corrected chi connectivity index (χ1v) is 19.3. The minimum Gasteiger partial charge on any atom is -0.394 e. The molecule has 2 atom stereocenters. The summed E-state index contributed by atoms with van der Waals surface area (Å²) in [4.78, 5) is 1.22. The molecule has 2 aliphatic rings. The maximum Gasteiger partial charge on any atom is 0.189 e. The second-order valence-electron chi connectivity index (χ2n) is 11.3. The molecule has 0 saturated heterocycles. The standard InChI is InChI=1S/C19H20Cl2N2O2S.C17H17ClN2O3S/c1-3-10-25-26(24)15-6-4-14(5-7-15)23-9-8-19(22-23)16-12-18(21)17(20)11-13(16)2;18-14-3-1-13(2-4-14)17-9-10-20(19-17)15-5-7-16(8-6-15)24(22)23-12-11-21/h4-7,11-12H,3,8-10H2,1-2H3;1-8,21H,9-12H2. The Morgan fingerprint density at radius 3 is 1.76 bits per heavy atom. The molecule has 14 heteroatoms. The van der Waals surface area contributed by atoms with Crippen LogP contribution in [-0.2, 0) is 30.5 Å². The van der Waals surface area contributed by atoms with Gasteiger partial charge in [-0.3, -0.25) is 18.4 Å². The first-order valence-electron chi connectivity index (χ1n) is 16.0. The van der Waals surface area contributed by atoms with Crippen LogP contribution in [0.5, 0.6) is 0 Å². The lowest BCUT2D eigenvalue weighted by Gasteiger charge is -2.14. The molecule has 4 aromatic carbocycles. The number of nitrogens with zero attached hydrogens (tertiary/aromatic N) is 4. The maximum absolute atomic E-state index is 12.0. The molecule has 1 N–H and O–H groups in total. The van der Waals surface area contributed by atoms with Gasteiger partial charge in [-0.15, -0.1) is 0 Å². The lowest BCUT2D eigenvalue weighted by atomic mass is 10.0. The Morgan fingerprint density at radius 2 is 1.22 bits per heavy atom. The number of aryl methyl sites for hydroxylation is 1. The lowest BCUT2D eigenvalue weighted by Crippen LogP contribution is -2.11. The van der Waals surface area contributed by atoms with E-state index in [0.717, 1.165) is 71.8 Å². The monoisotopic (exact) mass is 774 g/mol. The van der Waals surface area contributed by atoms with Crippen LogP contribution in [0, 0.1) is 6.92 Å². The van der Waals surface area contributed by atoms with Crippen LogP contribution in [0.15, 0.2) is 105 Å². The van der Waals surface area contributed by atoms with Gasteiger partial charge < -0.3 is 5.11 Å². The van der Waals surface area contributed by atoms with Crippen LogP contribution >= 0.6 is 34.8 Å². The van der Waals surface area contributed by atoms with Gasteiger partial charge in [0.05, 0.1) is 62.5 Å². The van der Waals surface area contributed by atoms with Crippen molar-refractivity contribution in [1.82, 2.24) is 0 Å². The molecule has 0 aliphatic carbocycles. The summed E-state index contributed by atoms with van der Waals surface area (Å²) in [6.45, 7) is 5.94. The average Bonchev–Trinajstić information content (AvgIpc) is 3.83. The van der Waals surface area contributed by atoms with E-state index >= 15 is 0 Å². The molecule has 2 aliphatic heterocycles. The molecule has 4 aromatic rings. The lowest BCUT2D eigenvalue weighted by molar-refractivity contribution is 0.213. The first kappa shape index (κ1) is 38.1. The van der Waals surface area contributed by atoms with Crippen LogP contribution in [0.2, 0.25) is 15.1 Å². The highest BCUT2D eigenvalue weighted by atomic mass is 35.5. The molecule has 50 heavy (non-hydrogen) atoms. The molecule has 0 aromatic heterocycles. The molecule has 0 bridgehead atoms. The Hall–Kier alpha value is -3.13. The number of aliphatic hydroxyl groups excluding tert-OH is 1. The van der Waals surface area contributed by atoms with Gasteiger partial charge in [0.2, 0.25) is 0 Å². The van der Waals surface area contributed by atoms with Crippen molar-refractivity contribution in [1.29, 1.82) is 0 Å². The van der Waals surface area contributed by atoms with E-state index in [1.807, 2.05) is 96.7 Å². The summed E-state index contributed by atoms with van der Waals surface area (Å²) in [6, 6.07) is 26.1. The van der Waals surface area contributed by atoms with Gasteiger partial charge in [0.1, 0.15) is 0 Å². The van der Waals surface area contributed by atoms with Crippen molar-refractivity contribution in [2.45, 2.75) is 42.9 Å². The Morgan fingerprint density at radius 1 is 0.720 bits per heavy atom. The molecular weight excluding hydrogens is 739 g/mol. The second-order valence-corrected chi connectivity index (χ2v) is 14.9. The molecule has 0 radical (unpaired) electrons. The van der Waals surface area contributed by atoms with Crippen LogP contribution in [-0.4, -0.2) is 57.9 Å². The van der Waals surface area contributed by atoms with Crippen LogP contribution in [0.25, 0.3) is 0 Å². The van der Waals surface area contributed by atoms with Gasteiger partial charge in [-0.2, -0.15) is 10.2 Å². The van der Waals surface area contributed by atoms with Crippen molar-refractivity contribution in [3.8, 4) is 0 Å². The smallest absolute Gasteiger partial charge is 0.189 e. The number of hydrogen-bond acceptors (Lipinski definition) is 9. The quantitative estimate of drug-likeness (QED) is 0.154. The number of hydrazone groups is 2. The van der Waals surface area contributed by atoms with E-state index in [9.17, 15) is 8.42 Å². The van der Waals surface area contributed by atoms with E-state index in [1.54, 1.807) is 12.1 Å². The Labute approximate surface area is 312 Å². The maximum atomic E-state index is 12.0. The topological polar surface area (TPSA) is 104 Å². The molecule has 264 valence electrons. The summed E-state index contributed by atoms with van der Waals surface area (Å²) < 4.78 is 34.1. The Bertz CT molecular complexity index is 1870. The van der Waals surface area contributed by atoms with Gasteiger partial charge >= 0.3 is 0 Å². The zero-order chi connectivity index (χ0) is 35.6. The molecule has 2 unspecified atom stereocenters.